The minimum Gasteiger partial charge on any atom is -0.478 e. The second-order valence-corrected chi connectivity index (χ2v) is 12.2. The third kappa shape index (κ3) is 4.64. The Bertz CT molecular complexity index is 1630. The standard InChI is InChI=1S/C25H27BrN6O4S/c1-4-37(35,36)31-9-8-17(13-31)28-21-20(26)12-27-24-22(21)29-23(30-24)19-10-14(2)32(15(19)3)18-7-5-6-16(11-18)25(33)34/h5-7,10-12,17H,4,8-9,13H2,1-3H3,(H,33,34)(H2,27,28,29,30). The molecule has 37 heavy (non-hydrogen) atoms. The van der Waals surface area contributed by atoms with Gasteiger partial charge in [-0.05, 0) is 67.4 Å². The molecule has 0 amide bonds. The summed E-state index contributed by atoms with van der Waals surface area (Å²) in [4.78, 5) is 24.1. The Hall–Kier alpha value is -3.22. The fraction of sp³-hybridized carbons (Fsp3) is 0.320. The normalized spacial score (nSPS) is 16.5. The number of aromatic nitrogens is 4. The van der Waals surface area contributed by atoms with Crippen LogP contribution in [0, 0.1) is 13.8 Å². The van der Waals surface area contributed by atoms with Crippen LogP contribution in [0.1, 0.15) is 35.1 Å². The molecule has 1 unspecified atom stereocenters. The summed E-state index contributed by atoms with van der Waals surface area (Å²) in [7, 11) is -3.23. The molecule has 10 nitrogen and oxygen atoms in total. The van der Waals surface area contributed by atoms with Gasteiger partial charge >= 0.3 is 5.97 Å². The number of nitrogens with one attached hydrogen (secondary N) is 2. The van der Waals surface area contributed by atoms with Crippen LogP contribution in [0.5, 0.6) is 0 Å². The average Bonchev–Trinajstić information content (AvgIpc) is 3.58. The molecule has 1 atom stereocenters. The Morgan fingerprint density at radius 1 is 1.30 bits per heavy atom. The van der Waals surface area contributed by atoms with Gasteiger partial charge in [-0.15, -0.1) is 0 Å². The quantitative estimate of drug-likeness (QED) is 0.293. The Labute approximate surface area is 222 Å². The molecule has 12 heteroatoms. The number of H-pyrrole nitrogens is 1. The van der Waals surface area contributed by atoms with Crippen LogP contribution >= 0.6 is 15.9 Å². The zero-order valence-corrected chi connectivity index (χ0v) is 23.0. The lowest BCUT2D eigenvalue weighted by molar-refractivity contribution is 0.0697. The summed E-state index contributed by atoms with van der Waals surface area (Å²) < 4.78 is 28.9. The zero-order chi connectivity index (χ0) is 26.5. The second-order valence-electron chi connectivity index (χ2n) is 9.13. The van der Waals surface area contributed by atoms with Crippen LogP contribution in [0.25, 0.3) is 28.2 Å². The van der Waals surface area contributed by atoms with Gasteiger partial charge in [-0.3, -0.25) is 0 Å². The molecule has 1 aliphatic heterocycles. The van der Waals surface area contributed by atoms with E-state index in [9.17, 15) is 18.3 Å². The molecule has 194 valence electrons. The molecule has 3 N–H and O–H groups in total. The predicted octanol–water partition coefficient (Wildman–Crippen LogP) is 4.33. The number of hydrogen-bond acceptors (Lipinski definition) is 6. The summed E-state index contributed by atoms with van der Waals surface area (Å²) in [5, 5.41) is 12.9. The largest absolute Gasteiger partial charge is 0.478 e. The van der Waals surface area contributed by atoms with Crippen LogP contribution in [-0.4, -0.2) is 68.2 Å². The summed E-state index contributed by atoms with van der Waals surface area (Å²) in [5.41, 5.74) is 5.74. The molecule has 1 aliphatic rings. The number of aromatic amines is 1. The molecule has 3 aromatic heterocycles. The van der Waals surface area contributed by atoms with Crippen molar-refractivity contribution >= 4 is 48.8 Å². The number of aromatic carboxylic acids is 1. The number of fused-ring (bicyclic) bond motifs is 1. The summed E-state index contributed by atoms with van der Waals surface area (Å²) in [6.07, 6.45) is 2.39. The van der Waals surface area contributed by atoms with Gasteiger partial charge < -0.3 is 20.0 Å². The van der Waals surface area contributed by atoms with Crippen LogP contribution in [0.2, 0.25) is 0 Å². The molecule has 1 fully saturated rings. The number of carboxylic acid groups (broad SMARTS) is 1. The topological polar surface area (TPSA) is 133 Å². The summed E-state index contributed by atoms with van der Waals surface area (Å²) in [5.74, 6) is -0.249. The first-order valence-corrected chi connectivity index (χ1v) is 14.3. The minimum absolute atomic E-state index is 0.0402. The first-order valence-electron chi connectivity index (χ1n) is 11.9. The molecular formula is C25H27BrN6O4S. The predicted molar refractivity (Wildman–Crippen MR) is 146 cm³/mol. The number of anilines is 1. The molecule has 0 spiro atoms. The number of hydrogen-bond donors (Lipinski definition) is 3. The van der Waals surface area contributed by atoms with Gasteiger partial charge in [0.15, 0.2) is 5.65 Å². The van der Waals surface area contributed by atoms with Crippen molar-refractivity contribution in [1.82, 2.24) is 23.8 Å². The van der Waals surface area contributed by atoms with Gasteiger partial charge in [0.25, 0.3) is 0 Å². The van der Waals surface area contributed by atoms with Crippen molar-refractivity contribution in [2.45, 2.75) is 33.2 Å². The van der Waals surface area contributed by atoms with Crippen molar-refractivity contribution in [3.8, 4) is 17.1 Å². The van der Waals surface area contributed by atoms with E-state index in [4.69, 9.17) is 4.98 Å². The fourth-order valence-electron chi connectivity index (χ4n) is 4.87. The molecule has 0 bridgehead atoms. The third-order valence-corrected chi connectivity index (χ3v) is 9.22. The second kappa shape index (κ2) is 9.58. The van der Waals surface area contributed by atoms with Gasteiger partial charge in [-0.1, -0.05) is 6.07 Å². The molecule has 4 aromatic rings. The number of carboxylic acids is 1. The van der Waals surface area contributed by atoms with Crippen molar-refractivity contribution in [3.05, 3.63) is 58.0 Å². The number of imidazole rings is 1. The molecule has 0 aliphatic carbocycles. The van der Waals surface area contributed by atoms with E-state index in [-0.39, 0.29) is 17.4 Å². The van der Waals surface area contributed by atoms with E-state index in [1.165, 1.54) is 4.31 Å². The maximum absolute atomic E-state index is 12.3. The van der Waals surface area contributed by atoms with Crippen LogP contribution in [-0.2, 0) is 10.0 Å². The Morgan fingerprint density at radius 3 is 2.81 bits per heavy atom. The number of pyridine rings is 1. The van der Waals surface area contributed by atoms with Crippen molar-refractivity contribution in [1.29, 1.82) is 0 Å². The Balaban J connectivity index is 1.50. The molecule has 1 saturated heterocycles. The van der Waals surface area contributed by atoms with Gasteiger partial charge in [-0.2, -0.15) is 4.31 Å². The lowest BCUT2D eigenvalue weighted by atomic mass is 10.2. The molecule has 4 heterocycles. The van der Waals surface area contributed by atoms with E-state index in [2.05, 4.69) is 31.2 Å². The van der Waals surface area contributed by atoms with Gasteiger partial charge in [0.05, 0.1) is 21.5 Å². The Kier molecular flexibility index (Phi) is 6.59. The van der Waals surface area contributed by atoms with Crippen LogP contribution in [0.3, 0.4) is 0 Å². The Morgan fingerprint density at radius 2 is 2.08 bits per heavy atom. The highest BCUT2D eigenvalue weighted by Crippen LogP contribution is 2.34. The maximum atomic E-state index is 12.3. The summed E-state index contributed by atoms with van der Waals surface area (Å²) in [6.45, 7) is 6.48. The number of nitrogens with zero attached hydrogens (tertiary/aromatic N) is 4. The number of sulfonamides is 1. The molecule has 5 rings (SSSR count). The number of aryl methyl sites for hydroxylation is 1. The van der Waals surface area contributed by atoms with Crippen molar-refractivity contribution in [2.75, 3.05) is 24.2 Å². The highest BCUT2D eigenvalue weighted by Gasteiger charge is 2.31. The van der Waals surface area contributed by atoms with E-state index in [1.54, 1.807) is 31.3 Å². The number of rotatable bonds is 7. The van der Waals surface area contributed by atoms with Gasteiger partial charge in [0, 0.05) is 48.0 Å². The lowest BCUT2D eigenvalue weighted by Gasteiger charge is -2.17. The van der Waals surface area contributed by atoms with E-state index in [0.29, 0.717) is 31.0 Å². The molecular weight excluding hydrogens is 560 g/mol. The lowest BCUT2D eigenvalue weighted by Crippen LogP contribution is -2.32. The van der Waals surface area contributed by atoms with E-state index in [1.807, 2.05) is 30.5 Å². The molecule has 0 saturated carbocycles. The fourth-order valence-corrected chi connectivity index (χ4v) is 6.44. The number of halogens is 1. The third-order valence-electron chi connectivity index (χ3n) is 6.77. The van der Waals surface area contributed by atoms with Gasteiger partial charge in [0.1, 0.15) is 11.3 Å². The smallest absolute Gasteiger partial charge is 0.335 e. The van der Waals surface area contributed by atoms with Gasteiger partial charge in [-0.25, -0.2) is 23.2 Å². The highest BCUT2D eigenvalue weighted by atomic mass is 79.9. The maximum Gasteiger partial charge on any atom is 0.335 e. The first-order chi connectivity index (χ1) is 17.6. The van der Waals surface area contributed by atoms with Crippen molar-refractivity contribution in [2.24, 2.45) is 0 Å². The zero-order valence-electron chi connectivity index (χ0n) is 20.6. The van der Waals surface area contributed by atoms with E-state index in [0.717, 1.165) is 38.3 Å². The minimum atomic E-state index is -3.23. The summed E-state index contributed by atoms with van der Waals surface area (Å²) >= 11 is 3.58. The number of carbonyl (C=O) groups is 1. The molecule has 0 radical (unpaired) electrons. The van der Waals surface area contributed by atoms with Crippen LogP contribution in [0.4, 0.5) is 5.69 Å². The van der Waals surface area contributed by atoms with E-state index >= 15 is 0 Å². The SMILES string of the molecule is CCS(=O)(=O)N1CCC(Nc2c(Br)cnc3nc(-c4cc(C)n(-c5cccc(C(=O)O)c5)c4C)[nH]c23)C1. The summed E-state index contributed by atoms with van der Waals surface area (Å²) in [6, 6.07) is 8.79. The molecule has 1 aromatic carbocycles. The van der Waals surface area contributed by atoms with Crippen molar-refractivity contribution in [3.63, 3.8) is 0 Å². The van der Waals surface area contributed by atoms with Gasteiger partial charge in [0.2, 0.25) is 10.0 Å². The first kappa shape index (κ1) is 25.4. The highest BCUT2D eigenvalue weighted by molar-refractivity contribution is 9.10. The van der Waals surface area contributed by atoms with Crippen LogP contribution < -0.4 is 5.32 Å². The van der Waals surface area contributed by atoms with Crippen LogP contribution in [0.15, 0.2) is 41.0 Å². The van der Waals surface area contributed by atoms with Crippen molar-refractivity contribution < 1.29 is 18.3 Å². The van der Waals surface area contributed by atoms with E-state index < -0.39 is 16.0 Å². The average molecular weight is 588 g/mol. The number of benzene rings is 1. The monoisotopic (exact) mass is 586 g/mol.